The van der Waals surface area contributed by atoms with Gasteiger partial charge in [0.25, 0.3) is 12.8 Å². The monoisotopic (exact) mass is 161 g/mol. The summed E-state index contributed by atoms with van der Waals surface area (Å²) in [7, 11) is 0. The van der Waals surface area contributed by atoms with E-state index in [0.717, 1.165) is 0 Å². The number of halogens is 1. The molecule has 1 aliphatic rings. The van der Waals surface area contributed by atoms with Gasteiger partial charge in [-0.05, 0) is 6.42 Å². The highest BCUT2D eigenvalue weighted by Crippen LogP contribution is 2.12. The molecule has 1 aliphatic heterocycles. The first kappa shape index (κ1) is 7.97. The van der Waals surface area contributed by atoms with Gasteiger partial charge in [-0.15, -0.1) is 0 Å². The second-order valence-electron chi connectivity index (χ2n) is 2.30. The molecule has 1 saturated heterocycles. The van der Waals surface area contributed by atoms with Gasteiger partial charge in [-0.2, -0.15) is 4.39 Å². The number of carbonyl (C=O) groups excluding carboxylic acids is 2. The molecule has 0 radical (unpaired) electrons. The topological polar surface area (TPSA) is 55.4 Å². The molecule has 0 aromatic heterocycles. The van der Waals surface area contributed by atoms with Crippen LogP contribution >= 0.6 is 0 Å². The van der Waals surface area contributed by atoms with Gasteiger partial charge in [-0.25, -0.2) is 0 Å². The Morgan fingerprint density at radius 1 is 1.82 bits per heavy atom. The normalized spacial score (nSPS) is 25.9. The fraction of sp³-hybridized carbons (Fsp3) is 0.667. The molecule has 1 fully saturated rings. The van der Waals surface area contributed by atoms with Crippen LogP contribution < -0.4 is 5.32 Å². The van der Waals surface area contributed by atoms with E-state index in [4.69, 9.17) is 0 Å². The van der Waals surface area contributed by atoms with Crippen molar-refractivity contribution in [2.75, 3.05) is 0 Å². The van der Waals surface area contributed by atoms with E-state index in [-0.39, 0.29) is 12.4 Å². The molecule has 11 heavy (non-hydrogen) atoms. The van der Waals surface area contributed by atoms with Gasteiger partial charge in [0, 0.05) is 6.42 Å². The molecule has 1 rings (SSSR count). The number of ether oxygens (including phenoxy) is 1. The molecule has 0 aliphatic carbocycles. The largest absolute Gasteiger partial charge is 0.431 e. The molecule has 1 N–H and O–H groups in total. The summed E-state index contributed by atoms with van der Waals surface area (Å²) in [5.74, 6) is -0.202. The summed E-state index contributed by atoms with van der Waals surface area (Å²) < 4.78 is 16.6. The van der Waals surface area contributed by atoms with Crippen LogP contribution in [0, 0.1) is 0 Å². The van der Waals surface area contributed by atoms with Gasteiger partial charge in [0.1, 0.15) is 0 Å². The molecule has 1 heterocycles. The highest BCUT2D eigenvalue weighted by atomic mass is 19.1. The van der Waals surface area contributed by atoms with Crippen LogP contribution in [0.15, 0.2) is 0 Å². The van der Waals surface area contributed by atoms with E-state index in [1.54, 1.807) is 0 Å². The lowest BCUT2D eigenvalue weighted by Crippen LogP contribution is -2.35. The second kappa shape index (κ2) is 3.32. The zero-order valence-corrected chi connectivity index (χ0v) is 5.75. The Morgan fingerprint density at radius 2 is 2.55 bits per heavy atom. The summed E-state index contributed by atoms with van der Waals surface area (Å²) in [6.07, 6.45) is -1.03. The zero-order chi connectivity index (χ0) is 8.27. The van der Waals surface area contributed by atoms with Gasteiger partial charge in [-0.1, -0.05) is 0 Å². The summed E-state index contributed by atoms with van der Waals surface area (Å²) in [5.41, 5.74) is 0. The quantitative estimate of drug-likeness (QED) is 0.580. The molecule has 0 aromatic carbocycles. The van der Waals surface area contributed by atoms with Crippen LogP contribution in [-0.4, -0.2) is 24.8 Å². The molecule has 62 valence electrons. The summed E-state index contributed by atoms with van der Waals surface area (Å²) >= 11 is 0. The molecule has 4 nitrogen and oxygen atoms in total. The highest BCUT2D eigenvalue weighted by Gasteiger charge is 2.29. The molecule has 5 heteroatoms. The lowest BCUT2D eigenvalue weighted by Gasteiger charge is -2.12. The van der Waals surface area contributed by atoms with Gasteiger partial charge in [0.05, 0.1) is 6.04 Å². The maximum atomic E-state index is 12.6. The average Bonchev–Trinajstić information content (AvgIpc) is 2.36. The lowest BCUT2D eigenvalue weighted by atomic mass is 10.2. The third kappa shape index (κ3) is 1.89. The van der Waals surface area contributed by atoms with E-state index in [1.165, 1.54) is 0 Å². The molecule has 0 bridgehead atoms. The fourth-order valence-corrected chi connectivity index (χ4v) is 0.982. The van der Waals surface area contributed by atoms with Crippen molar-refractivity contribution in [2.45, 2.75) is 25.2 Å². The van der Waals surface area contributed by atoms with Crippen LogP contribution in [0.1, 0.15) is 12.8 Å². The first-order valence-corrected chi connectivity index (χ1v) is 3.26. The zero-order valence-electron chi connectivity index (χ0n) is 5.75. The van der Waals surface area contributed by atoms with Crippen molar-refractivity contribution in [1.82, 2.24) is 5.32 Å². The minimum atomic E-state index is -1.71. The standard InChI is InChI=1S/C6H8FNO3/c7-6(11-3-9)4-1-2-5(10)8-4/h3-4,6H,1-2H2,(H,8,10). The van der Waals surface area contributed by atoms with E-state index in [9.17, 15) is 14.0 Å². The first-order valence-electron chi connectivity index (χ1n) is 3.26. The SMILES string of the molecule is O=COC(F)C1CCC(=O)N1. The maximum absolute atomic E-state index is 12.6. The minimum Gasteiger partial charge on any atom is -0.431 e. The van der Waals surface area contributed by atoms with Gasteiger partial charge < -0.3 is 10.1 Å². The Hall–Kier alpha value is -1.13. The number of nitrogens with one attached hydrogen (secondary N) is 1. The molecular formula is C6H8FNO3. The second-order valence-corrected chi connectivity index (χ2v) is 2.30. The van der Waals surface area contributed by atoms with Crippen LogP contribution in [0.25, 0.3) is 0 Å². The van der Waals surface area contributed by atoms with Crippen LogP contribution in [-0.2, 0) is 14.3 Å². The summed E-state index contributed by atoms with van der Waals surface area (Å²) in [5, 5.41) is 2.34. The molecule has 1 amide bonds. The van der Waals surface area contributed by atoms with Crippen molar-refractivity contribution in [3.8, 4) is 0 Å². The van der Waals surface area contributed by atoms with Gasteiger partial charge in [0.2, 0.25) is 5.91 Å². The van der Waals surface area contributed by atoms with Crippen molar-refractivity contribution >= 4 is 12.4 Å². The molecule has 2 unspecified atom stereocenters. The Morgan fingerprint density at radius 3 is 3.00 bits per heavy atom. The van der Waals surface area contributed by atoms with Gasteiger partial charge >= 0.3 is 0 Å². The number of rotatable bonds is 3. The molecule has 2 atom stereocenters. The van der Waals surface area contributed by atoms with E-state index < -0.39 is 12.4 Å². The third-order valence-electron chi connectivity index (χ3n) is 1.53. The molecule has 0 spiro atoms. The maximum Gasteiger partial charge on any atom is 0.295 e. The molecule has 0 aromatic rings. The summed E-state index contributed by atoms with van der Waals surface area (Å²) in [4.78, 5) is 20.2. The molecule has 0 saturated carbocycles. The van der Waals surface area contributed by atoms with Gasteiger partial charge in [0.15, 0.2) is 0 Å². The lowest BCUT2D eigenvalue weighted by molar-refractivity contribution is -0.145. The first-order chi connectivity index (χ1) is 5.24. The number of carbonyl (C=O) groups is 2. The minimum absolute atomic E-state index is 0.0368. The highest BCUT2D eigenvalue weighted by molar-refractivity contribution is 5.78. The Bertz CT molecular complexity index is 173. The van der Waals surface area contributed by atoms with E-state index >= 15 is 0 Å². The van der Waals surface area contributed by atoms with Crippen molar-refractivity contribution in [1.29, 1.82) is 0 Å². The van der Waals surface area contributed by atoms with E-state index in [1.807, 2.05) is 0 Å². The van der Waals surface area contributed by atoms with Crippen molar-refractivity contribution in [3.05, 3.63) is 0 Å². The number of hydrogen-bond acceptors (Lipinski definition) is 3. The van der Waals surface area contributed by atoms with Crippen LogP contribution in [0.3, 0.4) is 0 Å². The molecular weight excluding hydrogens is 153 g/mol. The Kier molecular flexibility index (Phi) is 2.40. The summed E-state index contributed by atoms with van der Waals surface area (Å²) in [6, 6.07) is -0.660. The van der Waals surface area contributed by atoms with Crippen molar-refractivity contribution in [3.63, 3.8) is 0 Å². The van der Waals surface area contributed by atoms with Crippen LogP contribution in [0.4, 0.5) is 4.39 Å². The van der Waals surface area contributed by atoms with Crippen molar-refractivity contribution in [2.24, 2.45) is 0 Å². The predicted octanol–water partition coefficient (Wildman–Crippen LogP) is -0.266. The van der Waals surface area contributed by atoms with E-state index in [2.05, 4.69) is 10.1 Å². The number of alkyl halides is 1. The third-order valence-corrected chi connectivity index (χ3v) is 1.53. The number of hydrogen-bond donors (Lipinski definition) is 1. The summed E-state index contributed by atoms with van der Waals surface area (Å²) in [6.45, 7) is 0.0368. The smallest absolute Gasteiger partial charge is 0.295 e. The van der Waals surface area contributed by atoms with Gasteiger partial charge in [-0.3, -0.25) is 9.59 Å². The number of amides is 1. The predicted molar refractivity (Wildman–Crippen MR) is 33.2 cm³/mol. The Labute approximate surface area is 62.7 Å². The average molecular weight is 161 g/mol. The fourth-order valence-electron chi connectivity index (χ4n) is 0.982. The Balaban J connectivity index is 2.36. The van der Waals surface area contributed by atoms with Crippen LogP contribution in [0.2, 0.25) is 0 Å². The van der Waals surface area contributed by atoms with Crippen molar-refractivity contribution < 1.29 is 18.7 Å². The van der Waals surface area contributed by atoms with E-state index in [0.29, 0.717) is 12.8 Å². The van der Waals surface area contributed by atoms with Crippen LogP contribution in [0.5, 0.6) is 0 Å².